The van der Waals surface area contributed by atoms with E-state index >= 15 is 0 Å². The molecule has 5 aromatic rings. The first-order chi connectivity index (χ1) is 22.8. The van der Waals surface area contributed by atoms with Gasteiger partial charge in [0.1, 0.15) is 11.0 Å². The van der Waals surface area contributed by atoms with Gasteiger partial charge in [0, 0.05) is 21.9 Å². The SMILES string of the molecule is CCOC(=O)c1ccc(N2C(=O)C3Sc4[nH]c(=O)sc4[C@H](c4ccc(OCC(=O)Nc5cccc6ccccc56)cc4)C3C2=O)cc1. The van der Waals surface area contributed by atoms with E-state index in [1.807, 2.05) is 42.5 Å². The minimum Gasteiger partial charge on any atom is -0.484 e. The average Bonchev–Trinajstić information content (AvgIpc) is 3.58. The molecule has 2 unspecified atom stereocenters. The summed E-state index contributed by atoms with van der Waals surface area (Å²) in [5, 5.41) is 4.65. The van der Waals surface area contributed by atoms with Crippen LogP contribution in [0.1, 0.15) is 33.6 Å². The van der Waals surface area contributed by atoms with Crippen molar-refractivity contribution in [2.45, 2.75) is 23.1 Å². The monoisotopic (exact) mass is 665 g/mol. The van der Waals surface area contributed by atoms with Crippen molar-refractivity contribution in [1.29, 1.82) is 0 Å². The third-order valence-electron chi connectivity index (χ3n) is 8.13. The molecular formula is C35H27N3O7S2. The van der Waals surface area contributed by atoms with Crippen LogP contribution in [0.15, 0.2) is 101 Å². The van der Waals surface area contributed by atoms with Crippen LogP contribution in [0.3, 0.4) is 0 Å². The summed E-state index contributed by atoms with van der Waals surface area (Å²) >= 11 is 2.21. The smallest absolute Gasteiger partial charge is 0.338 e. The topological polar surface area (TPSA) is 135 Å². The molecule has 0 aliphatic carbocycles. The Morgan fingerprint density at radius 1 is 0.894 bits per heavy atom. The van der Waals surface area contributed by atoms with Crippen LogP contribution in [0.5, 0.6) is 5.75 Å². The van der Waals surface area contributed by atoms with Crippen molar-refractivity contribution >= 4 is 68.9 Å². The Morgan fingerprint density at radius 3 is 2.40 bits per heavy atom. The quantitative estimate of drug-likeness (QED) is 0.162. The average molecular weight is 666 g/mol. The molecule has 12 heteroatoms. The maximum absolute atomic E-state index is 14.0. The number of rotatable bonds is 8. The summed E-state index contributed by atoms with van der Waals surface area (Å²) < 4.78 is 10.8. The number of hydrogen-bond acceptors (Lipinski definition) is 9. The maximum atomic E-state index is 14.0. The van der Waals surface area contributed by atoms with E-state index in [9.17, 15) is 24.0 Å². The molecule has 10 nitrogen and oxygen atoms in total. The lowest BCUT2D eigenvalue weighted by Crippen LogP contribution is -2.32. The molecule has 0 radical (unpaired) electrons. The molecule has 1 fully saturated rings. The van der Waals surface area contributed by atoms with Crippen LogP contribution in [0.25, 0.3) is 10.8 Å². The predicted molar refractivity (Wildman–Crippen MR) is 179 cm³/mol. The van der Waals surface area contributed by atoms with Crippen molar-refractivity contribution in [1.82, 2.24) is 4.98 Å². The minimum atomic E-state index is -0.769. The lowest BCUT2D eigenvalue weighted by molar-refractivity contribution is -0.122. The van der Waals surface area contributed by atoms with Crippen molar-refractivity contribution in [3.8, 4) is 5.75 Å². The zero-order valence-corrected chi connectivity index (χ0v) is 26.6. The van der Waals surface area contributed by atoms with E-state index < -0.39 is 34.9 Å². The second kappa shape index (κ2) is 12.5. The molecule has 0 saturated carbocycles. The normalized spacial score (nSPS) is 18.5. The van der Waals surface area contributed by atoms with Crippen LogP contribution in [-0.4, -0.2) is 47.1 Å². The number of H-pyrrole nitrogens is 1. The number of aromatic nitrogens is 1. The number of esters is 1. The van der Waals surface area contributed by atoms with E-state index in [1.54, 1.807) is 43.3 Å². The fraction of sp³-hybridized carbons (Fsp3) is 0.171. The maximum Gasteiger partial charge on any atom is 0.338 e. The van der Waals surface area contributed by atoms with Gasteiger partial charge in [-0.1, -0.05) is 71.6 Å². The number of amides is 3. The summed E-state index contributed by atoms with van der Waals surface area (Å²) in [5.41, 5.74) is 2.08. The molecule has 0 bridgehead atoms. The van der Waals surface area contributed by atoms with Gasteiger partial charge < -0.3 is 19.8 Å². The number of aromatic amines is 1. The van der Waals surface area contributed by atoms with Crippen LogP contribution >= 0.6 is 23.1 Å². The molecule has 1 aromatic heterocycles. The van der Waals surface area contributed by atoms with Crippen molar-refractivity contribution in [3.63, 3.8) is 0 Å². The number of benzene rings is 4. The number of hydrogen-bond donors (Lipinski definition) is 2. The van der Waals surface area contributed by atoms with E-state index in [2.05, 4.69) is 10.3 Å². The number of nitrogens with zero attached hydrogens (tertiary/aromatic N) is 1. The number of imide groups is 1. The van der Waals surface area contributed by atoms with Gasteiger partial charge >= 0.3 is 10.8 Å². The molecule has 3 amide bonds. The van der Waals surface area contributed by atoms with Crippen LogP contribution < -0.4 is 19.8 Å². The molecule has 1 saturated heterocycles. The van der Waals surface area contributed by atoms with Crippen LogP contribution in [0.4, 0.5) is 11.4 Å². The number of anilines is 2. The van der Waals surface area contributed by atoms with Gasteiger partial charge in [-0.2, -0.15) is 0 Å². The van der Waals surface area contributed by atoms with E-state index in [4.69, 9.17) is 9.47 Å². The van der Waals surface area contributed by atoms with Gasteiger partial charge in [-0.15, -0.1) is 0 Å². The Bertz CT molecular complexity index is 2080. The number of thiazole rings is 1. The Kier molecular flexibility index (Phi) is 8.12. The third kappa shape index (κ3) is 5.70. The Balaban J connectivity index is 1.10. The Morgan fingerprint density at radius 2 is 1.64 bits per heavy atom. The van der Waals surface area contributed by atoms with E-state index in [-0.39, 0.29) is 24.0 Å². The first-order valence-corrected chi connectivity index (χ1v) is 16.6. The van der Waals surface area contributed by atoms with Gasteiger partial charge in [0.25, 0.3) is 5.91 Å². The summed E-state index contributed by atoms with van der Waals surface area (Å²) in [7, 11) is 0. The second-order valence-corrected chi connectivity index (χ2v) is 13.1. The highest BCUT2D eigenvalue weighted by Crippen LogP contribution is 2.53. The number of fused-ring (bicyclic) bond motifs is 3. The fourth-order valence-electron chi connectivity index (χ4n) is 6.03. The summed E-state index contributed by atoms with van der Waals surface area (Å²) in [6.07, 6.45) is 0. The zero-order valence-electron chi connectivity index (χ0n) is 24.9. The van der Waals surface area contributed by atoms with Crippen molar-refractivity contribution in [3.05, 3.63) is 117 Å². The molecule has 0 spiro atoms. The van der Waals surface area contributed by atoms with Crippen molar-refractivity contribution < 1.29 is 28.7 Å². The third-order valence-corrected chi connectivity index (χ3v) is 10.5. The fourth-order valence-corrected chi connectivity index (χ4v) is 8.55. The summed E-state index contributed by atoms with van der Waals surface area (Å²) in [6, 6.07) is 26.6. The summed E-state index contributed by atoms with van der Waals surface area (Å²) in [5.74, 6) is -2.48. The molecule has 3 heterocycles. The van der Waals surface area contributed by atoms with Crippen LogP contribution in [0.2, 0.25) is 0 Å². The van der Waals surface area contributed by atoms with E-state index in [1.165, 1.54) is 23.9 Å². The van der Waals surface area contributed by atoms with Gasteiger partial charge in [-0.25, -0.2) is 9.69 Å². The van der Waals surface area contributed by atoms with Crippen molar-refractivity contribution in [2.24, 2.45) is 5.92 Å². The van der Waals surface area contributed by atoms with Gasteiger partial charge in [-0.3, -0.25) is 19.2 Å². The van der Waals surface area contributed by atoms with Gasteiger partial charge in [0.05, 0.1) is 28.8 Å². The largest absolute Gasteiger partial charge is 0.484 e. The Labute approximate surface area is 276 Å². The summed E-state index contributed by atoms with van der Waals surface area (Å²) in [6.45, 7) is 1.73. The lowest BCUT2D eigenvalue weighted by Gasteiger charge is -2.29. The molecule has 7 rings (SSSR count). The predicted octanol–water partition coefficient (Wildman–Crippen LogP) is 5.58. The molecule has 2 aliphatic rings. The second-order valence-electron chi connectivity index (χ2n) is 11.0. The highest BCUT2D eigenvalue weighted by molar-refractivity contribution is 8.00. The number of nitrogens with one attached hydrogen (secondary N) is 2. The highest BCUT2D eigenvalue weighted by atomic mass is 32.2. The number of carbonyl (C=O) groups is 4. The molecule has 4 aromatic carbocycles. The zero-order chi connectivity index (χ0) is 32.7. The van der Waals surface area contributed by atoms with Crippen LogP contribution in [-0.2, 0) is 19.1 Å². The molecule has 47 heavy (non-hydrogen) atoms. The first kappa shape index (κ1) is 30.5. The highest BCUT2D eigenvalue weighted by Gasteiger charge is 2.56. The molecule has 236 valence electrons. The Hall–Kier alpha value is -5.20. The number of ether oxygens (including phenoxy) is 2. The van der Waals surface area contributed by atoms with Gasteiger partial charge in [0.2, 0.25) is 11.8 Å². The minimum absolute atomic E-state index is 0.214. The van der Waals surface area contributed by atoms with Gasteiger partial charge in [0.15, 0.2) is 6.61 Å². The van der Waals surface area contributed by atoms with Crippen LogP contribution in [0, 0.1) is 5.92 Å². The van der Waals surface area contributed by atoms with E-state index in [0.29, 0.717) is 32.6 Å². The number of thioether (sulfide) groups is 1. The standard InChI is InChI=1S/C35H27N3O7S2/c1-2-44-34(42)21-10-14-22(15-11-21)38-32(40)28-27(29-31(37-35(43)47-29)46-30(28)33(38)41)20-12-16-23(17-13-20)45-18-26(39)36-25-9-5-7-19-6-3-4-8-24(19)25/h3-17,27-28,30H,2,18H2,1H3,(H,36,39)(H,37,43)/t27-,28?,30?/m1/s1. The van der Waals surface area contributed by atoms with Gasteiger partial charge in [-0.05, 0) is 60.3 Å². The molecule has 2 aliphatic heterocycles. The summed E-state index contributed by atoms with van der Waals surface area (Å²) in [4.78, 5) is 69.4. The lowest BCUT2D eigenvalue weighted by atomic mass is 9.83. The molecular weight excluding hydrogens is 639 g/mol. The van der Waals surface area contributed by atoms with Crippen molar-refractivity contribution in [2.75, 3.05) is 23.4 Å². The molecule has 2 N–H and O–H groups in total. The molecule has 3 atom stereocenters. The number of carbonyl (C=O) groups excluding carboxylic acids is 4. The van der Waals surface area contributed by atoms with E-state index in [0.717, 1.165) is 32.6 Å². The first-order valence-electron chi connectivity index (χ1n) is 14.9.